The van der Waals surface area contributed by atoms with Gasteiger partial charge in [-0.25, -0.2) is 8.42 Å². The molecule has 3 aromatic carbocycles. The van der Waals surface area contributed by atoms with Crippen molar-refractivity contribution in [2.75, 3.05) is 10.8 Å². The van der Waals surface area contributed by atoms with Crippen LogP contribution in [0.2, 0.25) is 5.02 Å². The fourth-order valence-electron chi connectivity index (χ4n) is 4.35. The molecule has 0 radical (unpaired) electrons. The molecule has 0 spiro atoms. The highest BCUT2D eigenvalue weighted by molar-refractivity contribution is 7.92. The van der Waals surface area contributed by atoms with E-state index in [2.05, 4.69) is 5.32 Å². The Morgan fingerprint density at radius 3 is 2.05 bits per heavy atom. The van der Waals surface area contributed by atoms with Gasteiger partial charge in [-0.1, -0.05) is 47.5 Å². The maximum atomic E-state index is 14.0. The number of carbonyl (C=O) groups excluding carboxylic acids is 2. The third-order valence-electron chi connectivity index (χ3n) is 6.29. The van der Waals surface area contributed by atoms with Crippen molar-refractivity contribution in [2.45, 2.75) is 71.5 Å². The van der Waals surface area contributed by atoms with Crippen LogP contribution < -0.4 is 9.62 Å². The standard InChI is InChI=1S/C31H38ClN3O4S/c1-21-11-13-28(14-12-21)40(38,39)35(27-16-22(2)15-23(3)17-27)20-29(36)34(19-25-9-8-10-26(32)18-25)24(4)30(37)33-31(5,6)7/h8-18,24H,19-20H2,1-7H3,(H,33,37). The Hall–Kier alpha value is -3.36. The number of benzene rings is 3. The third kappa shape index (κ3) is 8.08. The maximum absolute atomic E-state index is 14.0. The van der Waals surface area contributed by atoms with E-state index in [1.165, 1.54) is 17.0 Å². The average molecular weight is 584 g/mol. The predicted octanol–water partition coefficient (Wildman–Crippen LogP) is 5.79. The first-order chi connectivity index (χ1) is 18.6. The lowest BCUT2D eigenvalue weighted by Gasteiger charge is -2.33. The second-order valence-corrected chi connectivity index (χ2v) is 13.5. The highest BCUT2D eigenvalue weighted by Gasteiger charge is 2.33. The summed E-state index contributed by atoms with van der Waals surface area (Å²) in [5, 5.41) is 3.42. The molecule has 1 unspecified atom stereocenters. The molecule has 0 bridgehead atoms. The monoisotopic (exact) mass is 583 g/mol. The van der Waals surface area contributed by atoms with Crippen molar-refractivity contribution in [2.24, 2.45) is 0 Å². The zero-order valence-electron chi connectivity index (χ0n) is 24.2. The van der Waals surface area contributed by atoms with E-state index in [1.807, 2.05) is 53.7 Å². The fourth-order valence-corrected chi connectivity index (χ4v) is 5.96. The minimum absolute atomic E-state index is 0.0728. The van der Waals surface area contributed by atoms with Crippen molar-refractivity contribution in [1.29, 1.82) is 0 Å². The summed E-state index contributed by atoms with van der Waals surface area (Å²) in [6.07, 6.45) is 0. The third-order valence-corrected chi connectivity index (χ3v) is 8.31. The molecular formula is C31H38ClN3O4S. The second kappa shape index (κ2) is 12.4. The highest BCUT2D eigenvalue weighted by atomic mass is 35.5. The molecule has 3 rings (SSSR count). The van der Waals surface area contributed by atoms with Gasteiger partial charge in [-0.15, -0.1) is 0 Å². The van der Waals surface area contributed by atoms with Crippen LogP contribution in [-0.2, 0) is 26.2 Å². The van der Waals surface area contributed by atoms with Gasteiger partial charge in [0, 0.05) is 17.1 Å². The number of amides is 2. The number of sulfonamides is 1. The van der Waals surface area contributed by atoms with Gasteiger partial charge in [0.05, 0.1) is 10.6 Å². The molecule has 0 aliphatic heterocycles. The van der Waals surface area contributed by atoms with Crippen LogP contribution in [0.25, 0.3) is 0 Å². The van der Waals surface area contributed by atoms with Crippen molar-refractivity contribution in [3.05, 3.63) is 94.0 Å². The van der Waals surface area contributed by atoms with Gasteiger partial charge < -0.3 is 10.2 Å². The van der Waals surface area contributed by atoms with Crippen molar-refractivity contribution in [3.8, 4) is 0 Å². The van der Waals surface area contributed by atoms with Gasteiger partial charge >= 0.3 is 0 Å². The lowest BCUT2D eigenvalue weighted by molar-refractivity contribution is -0.140. The van der Waals surface area contributed by atoms with Crippen LogP contribution in [0.5, 0.6) is 0 Å². The van der Waals surface area contributed by atoms with E-state index in [9.17, 15) is 18.0 Å². The van der Waals surface area contributed by atoms with Crippen LogP contribution in [0, 0.1) is 20.8 Å². The van der Waals surface area contributed by atoms with Crippen LogP contribution in [0.15, 0.2) is 71.6 Å². The van der Waals surface area contributed by atoms with Gasteiger partial charge in [-0.2, -0.15) is 0 Å². The van der Waals surface area contributed by atoms with E-state index in [4.69, 9.17) is 11.6 Å². The first kappa shape index (κ1) is 31.2. The topological polar surface area (TPSA) is 86.8 Å². The quantitative estimate of drug-likeness (QED) is 0.345. The number of anilines is 1. The molecule has 0 aromatic heterocycles. The lowest BCUT2D eigenvalue weighted by Crippen LogP contribution is -2.54. The summed E-state index contributed by atoms with van der Waals surface area (Å²) in [6, 6.07) is 18.1. The summed E-state index contributed by atoms with van der Waals surface area (Å²) >= 11 is 6.20. The Labute approximate surface area is 243 Å². The number of nitrogens with one attached hydrogen (secondary N) is 1. The van der Waals surface area contributed by atoms with Crippen LogP contribution >= 0.6 is 11.6 Å². The van der Waals surface area contributed by atoms with E-state index in [0.717, 1.165) is 26.6 Å². The molecule has 3 aromatic rings. The molecule has 0 fully saturated rings. The Balaban J connectivity index is 2.07. The first-order valence-corrected chi connectivity index (χ1v) is 14.9. The van der Waals surface area contributed by atoms with Crippen LogP contribution in [0.3, 0.4) is 0 Å². The Bertz CT molecular complexity index is 1460. The molecule has 1 atom stereocenters. The average Bonchev–Trinajstić information content (AvgIpc) is 2.84. The molecule has 0 heterocycles. The van der Waals surface area contributed by atoms with Crippen molar-refractivity contribution < 1.29 is 18.0 Å². The van der Waals surface area contributed by atoms with Gasteiger partial charge in [-0.3, -0.25) is 13.9 Å². The Kier molecular flexibility index (Phi) is 9.69. The van der Waals surface area contributed by atoms with E-state index < -0.39 is 34.1 Å². The van der Waals surface area contributed by atoms with Gasteiger partial charge in [-0.05, 0) is 102 Å². The highest BCUT2D eigenvalue weighted by Crippen LogP contribution is 2.27. The molecule has 214 valence electrons. The molecular weight excluding hydrogens is 546 g/mol. The molecule has 0 aliphatic carbocycles. The molecule has 9 heteroatoms. The van der Waals surface area contributed by atoms with Crippen molar-refractivity contribution >= 4 is 39.1 Å². The summed E-state index contributed by atoms with van der Waals surface area (Å²) in [5.74, 6) is -0.867. The zero-order chi connectivity index (χ0) is 29.8. The smallest absolute Gasteiger partial charge is 0.264 e. The van der Waals surface area contributed by atoms with E-state index in [0.29, 0.717) is 10.7 Å². The summed E-state index contributed by atoms with van der Waals surface area (Å²) in [5.41, 5.74) is 3.21. The maximum Gasteiger partial charge on any atom is 0.264 e. The summed E-state index contributed by atoms with van der Waals surface area (Å²) in [7, 11) is -4.12. The van der Waals surface area contributed by atoms with Crippen LogP contribution in [-0.4, -0.2) is 43.3 Å². The molecule has 1 N–H and O–H groups in total. The molecule has 0 aliphatic rings. The van der Waals surface area contributed by atoms with Gasteiger partial charge in [0.2, 0.25) is 11.8 Å². The Morgan fingerprint density at radius 2 is 1.50 bits per heavy atom. The number of carbonyl (C=O) groups is 2. The molecule has 0 saturated heterocycles. The van der Waals surface area contributed by atoms with E-state index in [1.54, 1.807) is 49.4 Å². The minimum atomic E-state index is -4.12. The number of hydrogen-bond acceptors (Lipinski definition) is 4. The van der Waals surface area contributed by atoms with Gasteiger partial charge in [0.15, 0.2) is 0 Å². The van der Waals surface area contributed by atoms with Gasteiger partial charge in [0.1, 0.15) is 12.6 Å². The number of rotatable bonds is 9. The normalized spacial score (nSPS) is 12.5. The zero-order valence-corrected chi connectivity index (χ0v) is 25.7. The van der Waals surface area contributed by atoms with E-state index in [-0.39, 0.29) is 17.3 Å². The number of aryl methyl sites for hydroxylation is 3. The fraction of sp³-hybridized carbons (Fsp3) is 0.355. The second-order valence-electron chi connectivity index (χ2n) is 11.2. The van der Waals surface area contributed by atoms with Crippen molar-refractivity contribution in [3.63, 3.8) is 0 Å². The number of hydrogen-bond donors (Lipinski definition) is 1. The van der Waals surface area contributed by atoms with Crippen molar-refractivity contribution in [1.82, 2.24) is 10.2 Å². The van der Waals surface area contributed by atoms with Gasteiger partial charge in [0.25, 0.3) is 10.0 Å². The summed E-state index contributed by atoms with van der Waals surface area (Å²) in [4.78, 5) is 28.7. The summed E-state index contributed by atoms with van der Waals surface area (Å²) < 4.78 is 29.1. The molecule has 7 nitrogen and oxygen atoms in total. The largest absolute Gasteiger partial charge is 0.350 e. The predicted molar refractivity (Wildman–Crippen MR) is 161 cm³/mol. The number of nitrogens with zero attached hydrogens (tertiary/aromatic N) is 2. The molecule has 40 heavy (non-hydrogen) atoms. The SMILES string of the molecule is Cc1ccc(S(=O)(=O)N(CC(=O)N(Cc2cccc(Cl)c2)C(C)C(=O)NC(C)(C)C)c2cc(C)cc(C)c2)cc1. The summed E-state index contributed by atoms with van der Waals surface area (Å²) in [6.45, 7) is 12.4. The first-order valence-electron chi connectivity index (χ1n) is 13.1. The van der Waals surface area contributed by atoms with E-state index >= 15 is 0 Å². The molecule has 0 saturated carbocycles. The number of halogens is 1. The van der Waals surface area contributed by atoms with Crippen LogP contribution in [0.1, 0.15) is 49.9 Å². The lowest BCUT2D eigenvalue weighted by atomic mass is 10.1. The van der Waals surface area contributed by atoms with Crippen LogP contribution in [0.4, 0.5) is 5.69 Å². The molecule has 2 amide bonds. The Morgan fingerprint density at radius 1 is 0.900 bits per heavy atom. The minimum Gasteiger partial charge on any atom is -0.350 e.